The summed E-state index contributed by atoms with van der Waals surface area (Å²) in [5.41, 5.74) is 3.78. The molecule has 0 spiro atoms. The van der Waals surface area contributed by atoms with Crippen molar-refractivity contribution in [2.24, 2.45) is 0 Å². The van der Waals surface area contributed by atoms with Crippen LogP contribution in [0.15, 0.2) is 24.5 Å². The molecule has 27 heavy (non-hydrogen) atoms. The molecule has 2 aromatic heterocycles. The summed E-state index contributed by atoms with van der Waals surface area (Å²) >= 11 is 0. The molecule has 2 aromatic rings. The van der Waals surface area contributed by atoms with Crippen molar-refractivity contribution in [3.05, 3.63) is 47.0 Å². The number of nitrogens with zero attached hydrogens (tertiary/aromatic N) is 4. The largest absolute Gasteiger partial charge is 0.346 e. The summed E-state index contributed by atoms with van der Waals surface area (Å²) in [5, 5.41) is 7.73. The minimum absolute atomic E-state index is 0.0902. The van der Waals surface area contributed by atoms with E-state index in [1.165, 1.54) is 44.3 Å². The van der Waals surface area contributed by atoms with Gasteiger partial charge in [-0.25, -0.2) is 0 Å². The lowest BCUT2D eigenvalue weighted by Crippen LogP contribution is -2.36. The Balaban J connectivity index is 1.40. The number of pyridine rings is 1. The molecule has 1 fully saturated rings. The molecule has 4 rings (SSSR count). The van der Waals surface area contributed by atoms with E-state index in [0.29, 0.717) is 12.1 Å². The third-order valence-corrected chi connectivity index (χ3v) is 5.90. The Morgan fingerprint density at radius 1 is 1.22 bits per heavy atom. The third kappa shape index (κ3) is 4.21. The summed E-state index contributed by atoms with van der Waals surface area (Å²) in [4.78, 5) is 19.1. The predicted octanol–water partition coefficient (Wildman–Crippen LogP) is 3.05. The Bertz CT molecular complexity index is 794. The Labute approximate surface area is 161 Å². The van der Waals surface area contributed by atoms with Gasteiger partial charge in [-0.15, -0.1) is 0 Å². The van der Waals surface area contributed by atoms with Crippen LogP contribution in [-0.4, -0.2) is 38.2 Å². The number of fused-ring (bicyclic) bond motifs is 1. The lowest BCUT2D eigenvalue weighted by atomic mass is 9.94. The van der Waals surface area contributed by atoms with Crippen molar-refractivity contribution >= 4 is 5.91 Å². The van der Waals surface area contributed by atoms with E-state index in [4.69, 9.17) is 5.10 Å². The van der Waals surface area contributed by atoms with Crippen LogP contribution < -0.4 is 5.32 Å². The molecule has 6 nitrogen and oxygen atoms in total. The van der Waals surface area contributed by atoms with Gasteiger partial charge in [-0.3, -0.25) is 19.4 Å². The summed E-state index contributed by atoms with van der Waals surface area (Å²) < 4.78 is 2.14. The first-order valence-electron chi connectivity index (χ1n) is 10.2. The number of rotatable bonds is 4. The molecule has 6 heteroatoms. The molecule has 0 unspecified atom stereocenters. The molecule has 0 saturated heterocycles. The maximum absolute atomic E-state index is 12.4. The zero-order valence-corrected chi connectivity index (χ0v) is 16.2. The van der Waals surface area contributed by atoms with Crippen LogP contribution in [0.5, 0.6) is 0 Å². The number of nitrogens with one attached hydrogen (secondary N) is 1. The van der Waals surface area contributed by atoms with Crippen molar-refractivity contribution in [1.82, 2.24) is 25.0 Å². The second-order valence-corrected chi connectivity index (χ2v) is 7.84. The van der Waals surface area contributed by atoms with Crippen LogP contribution in [0.3, 0.4) is 0 Å². The molecule has 0 radical (unpaired) electrons. The first-order valence-corrected chi connectivity index (χ1v) is 10.2. The summed E-state index contributed by atoms with van der Waals surface area (Å²) in [6.45, 7) is 5.49. The lowest BCUT2D eigenvalue weighted by Gasteiger charge is -2.33. The zero-order valence-electron chi connectivity index (χ0n) is 16.2. The molecular formula is C21H29N5O. The number of hydrogen-bond acceptors (Lipinski definition) is 4. The molecular weight excluding hydrogens is 338 g/mol. The summed E-state index contributed by atoms with van der Waals surface area (Å²) in [6.07, 6.45) is 11.3. The van der Waals surface area contributed by atoms with Crippen LogP contribution in [0.2, 0.25) is 0 Å². The van der Waals surface area contributed by atoms with Gasteiger partial charge in [-0.05, 0) is 43.9 Å². The van der Waals surface area contributed by atoms with Crippen molar-refractivity contribution < 1.29 is 4.79 Å². The number of hydrogen-bond donors (Lipinski definition) is 1. The Kier molecular flexibility index (Phi) is 5.53. The molecule has 144 valence electrons. The maximum atomic E-state index is 12.4. The van der Waals surface area contributed by atoms with Crippen LogP contribution in [0.1, 0.15) is 65.8 Å². The fourth-order valence-corrected chi connectivity index (χ4v) is 4.36. The van der Waals surface area contributed by atoms with E-state index in [9.17, 15) is 4.79 Å². The molecule has 0 bridgehead atoms. The van der Waals surface area contributed by atoms with Gasteiger partial charge in [-0.2, -0.15) is 5.10 Å². The van der Waals surface area contributed by atoms with E-state index in [1.807, 2.05) is 13.0 Å². The second-order valence-electron chi connectivity index (χ2n) is 7.84. The van der Waals surface area contributed by atoms with Gasteiger partial charge in [0.1, 0.15) is 0 Å². The summed E-state index contributed by atoms with van der Waals surface area (Å²) in [5.74, 6) is -0.0902. The van der Waals surface area contributed by atoms with Gasteiger partial charge in [0.25, 0.3) is 5.91 Å². The molecule has 1 amide bonds. The Morgan fingerprint density at radius 2 is 2.07 bits per heavy atom. The van der Waals surface area contributed by atoms with Gasteiger partial charge in [0.15, 0.2) is 0 Å². The third-order valence-electron chi connectivity index (χ3n) is 5.90. The van der Waals surface area contributed by atoms with Gasteiger partial charge < -0.3 is 5.32 Å². The highest BCUT2D eigenvalue weighted by Crippen LogP contribution is 2.26. The molecule has 1 N–H and O–H groups in total. The van der Waals surface area contributed by atoms with Gasteiger partial charge in [0.05, 0.1) is 23.5 Å². The molecule has 0 aromatic carbocycles. The van der Waals surface area contributed by atoms with Crippen molar-refractivity contribution in [2.75, 3.05) is 6.54 Å². The number of aryl methyl sites for hydroxylation is 2. The fourth-order valence-electron chi connectivity index (χ4n) is 4.36. The molecule has 0 atom stereocenters. The molecule has 1 aliphatic carbocycles. The first-order chi connectivity index (χ1) is 13.2. The minimum Gasteiger partial charge on any atom is -0.346 e. The van der Waals surface area contributed by atoms with E-state index in [-0.39, 0.29) is 5.91 Å². The number of amides is 1. The van der Waals surface area contributed by atoms with Crippen molar-refractivity contribution in [1.29, 1.82) is 0 Å². The van der Waals surface area contributed by atoms with Crippen molar-refractivity contribution in [3.8, 4) is 0 Å². The molecule has 1 saturated carbocycles. The van der Waals surface area contributed by atoms with Crippen molar-refractivity contribution in [2.45, 2.75) is 71.1 Å². The van der Waals surface area contributed by atoms with Gasteiger partial charge in [0, 0.05) is 38.1 Å². The van der Waals surface area contributed by atoms with Crippen LogP contribution in [0.4, 0.5) is 0 Å². The van der Waals surface area contributed by atoms with E-state index < -0.39 is 0 Å². The predicted molar refractivity (Wildman–Crippen MR) is 104 cm³/mol. The number of aromatic nitrogens is 3. The average molecular weight is 367 g/mol. The number of carbonyl (C=O) groups is 1. The van der Waals surface area contributed by atoms with E-state index in [2.05, 4.69) is 25.9 Å². The van der Waals surface area contributed by atoms with Crippen LogP contribution >= 0.6 is 0 Å². The topological polar surface area (TPSA) is 63.1 Å². The highest BCUT2D eigenvalue weighted by atomic mass is 16.1. The minimum atomic E-state index is -0.0902. The van der Waals surface area contributed by atoms with Gasteiger partial charge in [-0.1, -0.05) is 19.3 Å². The monoisotopic (exact) mass is 367 g/mol. The summed E-state index contributed by atoms with van der Waals surface area (Å²) in [6, 6.07) is 4.75. The number of carbonyl (C=O) groups excluding carboxylic acids is 1. The zero-order chi connectivity index (χ0) is 18.6. The van der Waals surface area contributed by atoms with Gasteiger partial charge in [0.2, 0.25) is 0 Å². The average Bonchev–Trinajstić information content (AvgIpc) is 2.97. The Hall–Kier alpha value is -2.21. The standard InChI is InChI=1S/C21H29N5O/c1-16-8-9-22-14-20(16)21(27)23-13-17-12-19-15-25(10-5-11-26(19)24-17)18-6-3-2-4-7-18/h8-9,12,14,18H,2-7,10-11,13,15H2,1H3,(H,23,27). The van der Waals surface area contributed by atoms with Crippen LogP contribution in [-0.2, 0) is 19.6 Å². The van der Waals surface area contributed by atoms with Crippen molar-refractivity contribution in [3.63, 3.8) is 0 Å². The summed E-state index contributed by atoms with van der Waals surface area (Å²) in [7, 11) is 0. The maximum Gasteiger partial charge on any atom is 0.253 e. The highest BCUT2D eigenvalue weighted by molar-refractivity contribution is 5.95. The van der Waals surface area contributed by atoms with Crippen LogP contribution in [0, 0.1) is 6.92 Å². The normalized spacial score (nSPS) is 18.7. The quantitative estimate of drug-likeness (QED) is 0.902. The van der Waals surface area contributed by atoms with Gasteiger partial charge >= 0.3 is 0 Å². The molecule has 2 aliphatic rings. The first kappa shape index (κ1) is 18.2. The van der Waals surface area contributed by atoms with Crippen LogP contribution in [0.25, 0.3) is 0 Å². The lowest BCUT2D eigenvalue weighted by molar-refractivity contribution is 0.0949. The fraction of sp³-hybridized carbons (Fsp3) is 0.571. The molecule has 1 aliphatic heterocycles. The second kappa shape index (κ2) is 8.21. The van der Waals surface area contributed by atoms with E-state index >= 15 is 0 Å². The SMILES string of the molecule is Cc1ccncc1C(=O)NCc1cc2n(n1)CCCN(C1CCCCC1)C2. The Morgan fingerprint density at radius 3 is 2.89 bits per heavy atom. The molecule has 3 heterocycles. The van der Waals surface area contributed by atoms with E-state index in [0.717, 1.165) is 36.8 Å². The smallest absolute Gasteiger partial charge is 0.253 e. The highest BCUT2D eigenvalue weighted by Gasteiger charge is 2.24. The van der Waals surface area contributed by atoms with E-state index in [1.54, 1.807) is 12.4 Å².